The first kappa shape index (κ1) is 13.6. The number of hydrogen-bond donors (Lipinski definition) is 2. The van der Waals surface area contributed by atoms with E-state index < -0.39 is 17.8 Å². The maximum Gasteiger partial charge on any atom is 0.307 e. The van der Waals surface area contributed by atoms with Crippen LogP contribution in [0, 0.1) is 24.2 Å². The summed E-state index contributed by atoms with van der Waals surface area (Å²) in [4.78, 5) is 23.0. The van der Waals surface area contributed by atoms with Crippen molar-refractivity contribution in [1.82, 2.24) is 5.32 Å². The molecule has 0 saturated heterocycles. The van der Waals surface area contributed by atoms with Gasteiger partial charge in [-0.05, 0) is 19.3 Å². The second-order valence-corrected chi connectivity index (χ2v) is 4.47. The second-order valence-electron chi connectivity index (χ2n) is 4.47. The number of hydrogen-bond acceptors (Lipinski definition) is 2. The Morgan fingerprint density at radius 1 is 1.41 bits per heavy atom. The highest BCUT2D eigenvalue weighted by Gasteiger charge is 2.35. The summed E-state index contributed by atoms with van der Waals surface area (Å²) in [5.41, 5.74) is 0. The van der Waals surface area contributed by atoms with Crippen molar-refractivity contribution in [2.24, 2.45) is 11.8 Å². The van der Waals surface area contributed by atoms with Crippen LogP contribution in [0.15, 0.2) is 0 Å². The number of carboxylic acids is 1. The monoisotopic (exact) mass is 237 g/mol. The molecule has 3 atom stereocenters. The highest BCUT2D eigenvalue weighted by Crippen LogP contribution is 2.30. The summed E-state index contributed by atoms with van der Waals surface area (Å²) in [5.74, 6) is 0.420. The predicted molar refractivity (Wildman–Crippen MR) is 64.1 cm³/mol. The van der Waals surface area contributed by atoms with Crippen LogP contribution in [-0.4, -0.2) is 23.0 Å². The first-order valence-electron chi connectivity index (χ1n) is 6.09. The molecule has 0 spiro atoms. The normalized spacial score (nSPS) is 25.6. The van der Waals surface area contributed by atoms with E-state index in [1.54, 1.807) is 0 Å². The first-order valence-corrected chi connectivity index (χ1v) is 6.09. The van der Waals surface area contributed by atoms with Gasteiger partial charge in [0.2, 0.25) is 5.91 Å². The Balaban J connectivity index is 2.65. The van der Waals surface area contributed by atoms with Gasteiger partial charge in [0.15, 0.2) is 0 Å². The molecule has 1 fully saturated rings. The van der Waals surface area contributed by atoms with E-state index in [1.165, 1.54) is 0 Å². The third-order valence-electron chi connectivity index (χ3n) is 3.35. The smallest absolute Gasteiger partial charge is 0.307 e. The zero-order chi connectivity index (χ0) is 12.8. The van der Waals surface area contributed by atoms with Gasteiger partial charge in [0.25, 0.3) is 0 Å². The molecule has 1 rings (SSSR count). The molecule has 0 radical (unpaired) electrons. The highest BCUT2D eigenvalue weighted by atomic mass is 16.4. The molecule has 1 aliphatic carbocycles. The zero-order valence-corrected chi connectivity index (χ0v) is 10.1. The molecule has 0 aliphatic heterocycles. The molecule has 2 N–H and O–H groups in total. The largest absolute Gasteiger partial charge is 0.481 e. The molecule has 1 aliphatic rings. The lowest BCUT2D eigenvalue weighted by molar-refractivity contribution is -0.149. The minimum absolute atomic E-state index is 0.207. The molecule has 94 valence electrons. The van der Waals surface area contributed by atoms with Crippen molar-refractivity contribution in [3.63, 3.8) is 0 Å². The lowest BCUT2D eigenvalue weighted by Crippen LogP contribution is -2.43. The third-order valence-corrected chi connectivity index (χ3v) is 3.35. The molecule has 17 heavy (non-hydrogen) atoms. The van der Waals surface area contributed by atoms with Crippen LogP contribution in [0.5, 0.6) is 0 Å². The summed E-state index contributed by atoms with van der Waals surface area (Å²) < 4.78 is 0. The molecular weight excluding hydrogens is 218 g/mol. The molecule has 4 nitrogen and oxygen atoms in total. The maximum absolute atomic E-state index is 12.0. The van der Waals surface area contributed by atoms with E-state index >= 15 is 0 Å². The molecule has 0 aromatic heterocycles. The minimum atomic E-state index is -0.876. The van der Waals surface area contributed by atoms with Gasteiger partial charge in [0.1, 0.15) is 0 Å². The van der Waals surface area contributed by atoms with Gasteiger partial charge in [-0.15, -0.1) is 6.42 Å². The lowest BCUT2D eigenvalue weighted by atomic mass is 9.78. The van der Waals surface area contributed by atoms with Gasteiger partial charge in [-0.3, -0.25) is 9.59 Å². The van der Waals surface area contributed by atoms with Gasteiger partial charge in [0.05, 0.1) is 17.9 Å². The number of rotatable bonds is 4. The van der Waals surface area contributed by atoms with Gasteiger partial charge in [-0.25, -0.2) is 0 Å². The number of nitrogens with one attached hydrogen (secondary N) is 1. The summed E-state index contributed by atoms with van der Waals surface area (Å²) in [7, 11) is 0. The van der Waals surface area contributed by atoms with Crippen LogP contribution in [0.1, 0.15) is 39.0 Å². The van der Waals surface area contributed by atoms with Crippen molar-refractivity contribution >= 4 is 11.9 Å². The van der Waals surface area contributed by atoms with E-state index in [1.807, 2.05) is 6.92 Å². The van der Waals surface area contributed by atoms with E-state index in [9.17, 15) is 9.59 Å². The fourth-order valence-corrected chi connectivity index (χ4v) is 2.28. The number of aliphatic carboxylic acids is 1. The Kier molecular flexibility index (Phi) is 5.02. The molecule has 0 aromatic rings. The minimum Gasteiger partial charge on any atom is -0.481 e. The van der Waals surface area contributed by atoms with Crippen molar-refractivity contribution < 1.29 is 14.7 Å². The molecule has 4 heteroatoms. The average Bonchev–Trinajstić information content (AvgIpc) is 2.35. The Morgan fingerprint density at radius 3 is 2.47 bits per heavy atom. The Hall–Kier alpha value is -1.50. The van der Waals surface area contributed by atoms with Crippen molar-refractivity contribution in [2.75, 3.05) is 0 Å². The van der Waals surface area contributed by atoms with Crippen LogP contribution in [0.4, 0.5) is 0 Å². The SMILES string of the molecule is C#CC(CC)NC(=O)[C@@H]1CCCC[C@@H]1C(=O)O. The highest BCUT2D eigenvalue weighted by molar-refractivity contribution is 5.85. The Bertz CT molecular complexity index is 332. The lowest BCUT2D eigenvalue weighted by Gasteiger charge is -2.28. The standard InChI is InChI=1S/C13H19NO3/c1-3-9(4-2)14-12(15)10-7-5-6-8-11(10)13(16)17/h1,9-11H,4-8H2,2H3,(H,14,15)(H,16,17)/t9?,10-,11+/m1/s1. The second kappa shape index (κ2) is 6.29. The van der Waals surface area contributed by atoms with Crippen LogP contribution in [0.3, 0.4) is 0 Å². The van der Waals surface area contributed by atoms with Crippen molar-refractivity contribution in [2.45, 2.75) is 45.1 Å². The molecule has 0 heterocycles. The van der Waals surface area contributed by atoms with Gasteiger partial charge < -0.3 is 10.4 Å². The fraction of sp³-hybridized carbons (Fsp3) is 0.692. The number of carboxylic acid groups (broad SMARTS) is 1. The number of amides is 1. The van der Waals surface area contributed by atoms with E-state index in [2.05, 4.69) is 11.2 Å². The van der Waals surface area contributed by atoms with Gasteiger partial charge in [-0.1, -0.05) is 25.7 Å². The fourth-order valence-electron chi connectivity index (χ4n) is 2.28. The zero-order valence-electron chi connectivity index (χ0n) is 10.1. The summed E-state index contributed by atoms with van der Waals surface area (Å²) in [6.45, 7) is 1.89. The molecular formula is C13H19NO3. The van der Waals surface area contributed by atoms with Crippen LogP contribution in [0.25, 0.3) is 0 Å². The van der Waals surface area contributed by atoms with Crippen molar-refractivity contribution in [1.29, 1.82) is 0 Å². The van der Waals surface area contributed by atoms with Crippen molar-refractivity contribution in [3.8, 4) is 12.3 Å². The van der Waals surface area contributed by atoms with Gasteiger partial charge >= 0.3 is 5.97 Å². The number of carbonyl (C=O) groups is 2. The summed E-state index contributed by atoms with van der Waals surface area (Å²) in [5, 5.41) is 11.8. The third kappa shape index (κ3) is 3.48. The summed E-state index contributed by atoms with van der Waals surface area (Å²) in [6, 6.07) is -0.293. The van der Waals surface area contributed by atoms with E-state index in [4.69, 9.17) is 11.5 Å². The number of carbonyl (C=O) groups excluding carboxylic acids is 1. The number of terminal acetylenes is 1. The van der Waals surface area contributed by atoms with Gasteiger partial charge in [0, 0.05) is 0 Å². The first-order chi connectivity index (χ1) is 8.10. The molecule has 0 bridgehead atoms. The molecule has 1 saturated carbocycles. The quantitative estimate of drug-likeness (QED) is 0.726. The van der Waals surface area contributed by atoms with E-state index in [-0.39, 0.29) is 11.9 Å². The maximum atomic E-state index is 12.0. The van der Waals surface area contributed by atoms with Gasteiger partial charge in [-0.2, -0.15) is 0 Å². The van der Waals surface area contributed by atoms with Crippen LogP contribution in [-0.2, 0) is 9.59 Å². The van der Waals surface area contributed by atoms with Crippen LogP contribution in [0.2, 0.25) is 0 Å². The molecule has 1 amide bonds. The summed E-state index contributed by atoms with van der Waals surface area (Å²) >= 11 is 0. The topological polar surface area (TPSA) is 66.4 Å². The molecule has 0 aromatic carbocycles. The Labute approximate surface area is 102 Å². The predicted octanol–water partition coefficient (Wildman–Crippen LogP) is 1.41. The van der Waals surface area contributed by atoms with E-state index in [0.717, 1.165) is 12.8 Å². The molecule has 1 unspecified atom stereocenters. The van der Waals surface area contributed by atoms with Crippen LogP contribution >= 0.6 is 0 Å². The summed E-state index contributed by atoms with van der Waals surface area (Å²) in [6.07, 6.45) is 8.95. The van der Waals surface area contributed by atoms with E-state index in [0.29, 0.717) is 19.3 Å². The Morgan fingerprint density at radius 2 is 2.00 bits per heavy atom. The average molecular weight is 237 g/mol. The van der Waals surface area contributed by atoms with Crippen LogP contribution < -0.4 is 5.32 Å². The van der Waals surface area contributed by atoms with Crippen molar-refractivity contribution in [3.05, 3.63) is 0 Å².